The summed E-state index contributed by atoms with van der Waals surface area (Å²) in [5, 5.41) is 8.55. The summed E-state index contributed by atoms with van der Waals surface area (Å²) < 4.78 is 0. The van der Waals surface area contributed by atoms with Gasteiger partial charge in [0, 0.05) is 0 Å². The SMILES string of the molecule is CC.CC.CC(CC(=O)O)c1ccccc1. The zero-order valence-corrected chi connectivity index (χ0v) is 11.0. The van der Waals surface area contributed by atoms with E-state index in [-0.39, 0.29) is 12.3 Å². The van der Waals surface area contributed by atoms with Crippen LogP contribution in [0.15, 0.2) is 30.3 Å². The van der Waals surface area contributed by atoms with Gasteiger partial charge >= 0.3 is 5.97 Å². The maximum atomic E-state index is 10.4. The standard InChI is InChI=1S/C10H12O2.2C2H6/c1-8(7-10(11)12)9-5-3-2-4-6-9;2*1-2/h2-6,8H,7H2,1H3,(H,11,12);2*1-2H3. The maximum absolute atomic E-state index is 10.4. The molecule has 0 aliphatic heterocycles. The van der Waals surface area contributed by atoms with Crippen LogP contribution in [0.25, 0.3) is 0 Å². The van der Waals surface area contributed by atoms with Crippen molar-refractivity contribution < 1.29 is 9.90 Å². The lowest BCUT2D eigenvalue weighted by Gasteiger charge is -2.07. The third kappa shape index (κ3) is 8.04. The number of hydrogen-bond donors (Lipinski definition) is 1. The Morgan fingerprint density at radius 1 is 1.12 bits per heavy atom. The van der Waals surface area contributed by atoms with Gasteiger partial charge < -0.3 is 5.11 Å². The van der Waals surface area contributed by atoms with Crippen molar-refractivity contribution in [1.29, 1.82) is 0 Å². The molecule has 0 aliphatic carbocycles. The van der Waals surface area contributed by atoms with E-state index in [0.29, 0.717) is 0 Å². The van der Waals surface area contributed by atoms with Crippen LogP contribution in [-0.2, 0) is 4.79 Å². The molecule has 0 bridgehead atoms. The van der Waals surface area contributed by atoms with Crippen LogP contribution in [0.1, 0.15) is 52.5 Å². The van der Waals surface area contributed by atoms with Crippen LogP contribution in [0.2, 0.25) is 0 Å². The molecule has 0 saturated heterocycles. The summed E-state index contributed by atoms with van der Waals surface area (Å²) in [6.07, 6.45) is 0.198. The van der Waals surface area contributed by atoms with Gasteiger partial charge in [-0.2, -0.15) is 0 Å². The molecule has 2 nitrogen and oxygen atoms in total. The van der Waals surface area contributed by atoms with Gasteiger partial charge in [-0.15, -0.1) is 0 Å². The summed E-state index contributed by atoms with van der Waals surface area (Å²) in [5.74, 6) is -0.643. The third-order valence-corrected chi connectivity index (χ3v) is 1.85. The molecule has 1 N–H and O–H groups in total. The van der Waals surface area contributed by atoms with Crippen LogP contribution < -0.4 is 0 Å². The summed E-state index contributed by atoms with van der Waals surface area (Å²) in [7, 11) is 0. The second kappa shape index (κ2) is 11.8. The smallest absolute Gasteiger partial charge is 0.303 e. The van der Waals surface area contributed by atoms with Gasteiger partial charge in [0.05, 0.1) is 6.42 Å². The van der Waals surface area contributed by atoms with E-state index in [4.69, 9.17) is 5.11 Å². The fraction of sp³-hybridized carbons (Fsp3) is 0.500. The van der Waals surface area contributed by atoms with E-state index in [2.05, 4.69) is 0 Å². The van der Waals surface area contributed by atoms with Crippen molar-refractivity contribution in [2.75, 3.05) is 0 Å². The molecular formula is C14H24O2. The van der Waals surface area contributed by atoms with Crippen molar-refractivity contribution in [3.05, 3.63) is 35.9 Å². The minimum Gasteiger partial charge on any atom is -0.481 e. The predicted octanol–water partition coefficient (Wildman–Crippen LogP) is 4.32. The Bertz CT molecular complexity index is 255. The largest absolute Gasteiger partial charge is 0.481 e. The van der Waals surface area contributed by atoms with Gasteiger partial charge in [-0.3, -0.25) is 4.79 Å². The van der Waals surface area contributed by atoms with Crippen molar-refractivity contribution in [3.63, 3.8) is 0 Å². The Balaban J connectivity index is 0. The minimum atomic E-state index is -0.744. The Hall–Kier alpha value is -1.31. The van der Waals surface area contributed by atoms with Gasteiger partial charge in [-0.05, 0) is 11.5 Å². The molecule has 92 valence electrons. The molecule has 1 atom stereocenters. The van der Waals surface area contributed by atoms with E-state index < -0.39 is 5.97 Å². The third-order valence-electron chi connectivity index (χ3n) is 1.85. The number of rotatable bonds is 3. The molecule has 0 amide bonds. The quantitative estimate of drug-likeness (QED) is 0.830. The molecule has 0 aliphatic rings. The maximum Gasteiger partial charge on any atom is 0.303 e. The van der Waals surface area contributed by atoms with Gasteiger partial charge in [-0.1, -0.05) is 65.0 Å². The summed E-state index contributed by atoms with van der Waals surface area (Å²) in [5.41, 5.74) is 1.08. The summed E-state index contributed by atoms with van der Waals surface area (Å²) >= 11 is 0. The minimum absolute atomic E-state index is 0.101. The molecule has 1 unspecified atom stereocenters. The molecule has 0 spiro atoms. The van der Waals surface area contributed by atoms with Crippen molar-refractivity contribution >= 4 is 5.97 Å². The Labute approximate surface area is 99.3 Å². The molecule has 1 aromatic rings. The van der Waals surface area contributed by atoms with Gasteiger partial charge in [0.25, 0.3) is 0 Å². The van der Waals surface area contributed by atoms with E-state index in [9.17, 15) is 4.79 Å². The molecule has 0 saturated carbocycles. The van der Waals surface area contributed by atoms with Crippen LogP contribution in [0.3, 0.4) is 0 Å². The van der Waals surface area contributed by atoms with Gasteiger partial charge in [0.15, 0.2) is 0 Å². The van der Waals surface area contributed by atoms with Crippen LogP contribution >= 0.6 is 0 Å². The molecule has 2 heteroatoms. The highest BCUT2D eigenvalue weighted by atomic mass is 16.4. The van der Waals surface area contributed by atoms with Crippen molar-refractivity contribution in [3.8, 4) is 0 Å². The fourth-order valence-corrected chi connectivity index (χ4v) is 1.16. The van der Waals surface area contributed by atoms with Crippen LogP contribution in [0.4, 0.5) is 0 Å². The highest BCUT2D eigenvalue weighted by Crippen LogP contribution is 2.17. The van der Waals surface area contributed by atoms with Gasteiger partial charge in [-0.25, -0.2) is 0 Å². The zero-order valence-electron chi connectivity index (χ0n) is 11.0. The highest BCUT2D eigenvalue weighted by molar-refractivity contribution is 5.67. The second-order valence-electron chi connectivity index (χ2n) is 2.91. The first-order valence-electron chi connectivity index (χ1n) is 5.97. The molecule has 0 radical (unpaired) electrons. The van der Waals surface area contributed by atoms with Crippen LogP contribution in [0.5, 0.6) is 0 Å². The van der Waals surface area contributed by atoms with Crippen molar-refractivity contribution in [2.45, 2.75) is 47.0 Å². The summed E-state index contributed by atoms with van der Waals surface area (Å²) in [6, 6.07) is 9.68. The van der Waals surface area contributed by atoms with E-state index in [1.807, 2.05) is 65.0 Å². The molecule has 0 fully saturated rings. The number of hydrogen-bond acceptors (Lipinski definition) is 1. The van der Waals surface area contributed by atoms with E-state index in [1.54, 1.807) is 0 Å². The Morgan fingerprint density at radius 3 is 1.94 bits per heavy atom. The van der Waals surface area contributed by atoms with Gasteiger partial charge in [0.1, 0.15) is 0 Å². The van der Waals surface area contributed by atoms with Crippen molar-refractivity contribution in [1.82, 2.24) is 0 Å². The normalized spacial score (nSPS) is 10.1. The molecule has 0 heterocycles. The lowest BCUT2D eigenvalue weighted by Crippen LogP contribution is -2.02. The number of carboxylic acids is 1. The predicted molar refractivity (Wildman–Crippen MR) is 69.8 cm³/mol. The molecule has 1 aromatic carbocycles. The molecule has 0 aromatic heterocycles. The second-order valence-corrected chi connectivity index (χ2v) is 2.91. The van der Waals surface area contributed by atoms with Crippen LogP contribution in [0, 0.1) is 0 Å². The van der Waals surface area contributed by atoms with Crippen molar-refractivity contribution in [2.24, 2.45) is 0 Å². The average Bonchev–Trinajstić information content (AvgIpc) is 2.34. The lowest BCUT2D eigenvalue weighted by atomic mass is 9.98. The number of carbonyl (C=O) groups is 1. The Kier molecular flexibility index (Phi) is 12.6. The highest BCUT2D eigenvalue weighted by Gasteiger charge is 2.08. The molecule has 1 rings (SSSR count). The van der Waals surface area contributed by atoms with Gasteiger partial charge in [0.2, 0.25) is 0 Å². The summed E-state index contributed by atoms with van der Waals surface area (Å²) in [6.45, 7) is 9.92. The summed E-state index contributed by atoms with van der Waals surface area (Å²) in [4.78, 5) is 10.4. The average molecular weight is 224 g/mol. The number of aliphatic carboxylic acids is 1. The first kappa shape index (κ1) is 17.1. The first-order chi connectivity index (χ1) is 7.70. The van der Waals surface area contributed by atoms with E-state index in [1.165, 1.54) is 0 Å². The molecular weight excluding hydrogens is 200 g/mol. The zero-order chi connectivity index (χ0) is 13.0. The van der Waals surface area contributed by atoms with E-state index >= 15 is 0 Å². The number of benzene rings is 1. The molecule has 16 heavy (non-hydrogen) atoms. The lowest BCUT2D eigenvalue weighted by molar-refractivity contribution is -0.137. The Morgan fingerprint density at radius 2 is 1.56 bits per heavy atom. The van der Waals surface area contributed by atoms with Crippen LogP contribution in [-0.4, -0.2) is 11.1 Å². The fourth-order valence-electron chi connectivity index (χ4n) is 1.16. The monoisotopic (exact) mass is 224 g/mol. The first-order valence-corrected chi connectivity index (χ1v) is 5.97. The number of carboxylic acid groups (broad SMARTS) is 1. The topological polar surface area (TPSA) is 37.3 Å². The van der Waals surface area contributed by atoms with E-state index in [0.717, 1.165) is 5.56 Å².